The minimum Gasteiger partial charge on any atom is -0.487 e. The van der Waals surface area contributed by atoms with E-state index in [2.05, 4.69) is 32.0 Å². The van der Waals surface area contributed by atoms with Gasteiger partial charge >= 0.3 is 30.2 Å². The van der Waals surface area contributed by atoms with E-state index >= 15 is 0 Å². The number of hydrazine groups is 1. The molecule has 0 unspecified atom stereocenters. The lowest BCUT2D eigenvalue weighted by Gasteiger charge is -2.28. The van der Waals surface area contributed by atoms with Crippen LogP contribution < -0.4 is 42.5 Å². The van der Waals surface area contributed by atoms with E-state index < -0.39 is 125 Å². The molecule has 1 aliphatic heterocycles. The number of carboxylic acids is 1. The summed E-state index contributed by atoms with van der Waals surface area (Å²) in [4.78, 5) is 108. The predicted octanol–water partition coefficient (Wildman–Crippen LogP) is 6.23. The number of fused-ring (bicyclic) bond motifs is 4. The number of esters is 1. The number of hydrogen-bond acceptors (Lipinski definition) is 15. The summed E-state index contributed by atoms with van der Waals surface area (Å²) in [7, 11) is -4.59. The maximum Gasteiger partial charge on any atom is 0.426 e. The number of benzene rings is 4. The number of ether oxygens (including phenoxy) is 4. The zero-order valence-corrected chi connectivity index (χ0v) is 52.5. The van der Waals surface area contributed by atoms with Gasteiger partial charge in [-0.15, -0.1) is 0 Å². The number of sulfonamides is 1. The topological polar surface area (TPSA) is 356 Å². The number of urea groups is 1. The van der Waals surface area contributed by atoms with Gasteiger partial charge in [-0.05, 0) is 146 Å². The number of amides is 7. The van der Waals surface area contributed by atoms with Crippen LogP contribution in [0.1, 0.15) is 132 Å². The van der Waals surface area contributed by atoms with E-state index in [1.54, 1.807) is 92.6 Å². The van der Waals surface area contributed by atoms with Crippen LogP contribution in [-0.2, 0) is 61.2 Å². The molecule has 0 radical (unpaired) electrons. The van der Waals surface area contributed by atoms with Crippen molar-refractivity contribution >= 4 is 63.9 Å². The average molecular weight is 1240 g/mol. The molecule has 6 rings (SSSR count). The van der Waals surface area contributed by atoms with Crippen molar-refractivity contribution in [2.75, 3.05) is 26.2 Å². The molecule has 0 aromatic heterocycles. The fourth-order valence-electron chi connectivity index (χ4n) is 10.4. The lowest BCUT2D eigenvalue weighted by atomic mass is 9.94. The van der Waals surface area contributed by atoms with Crippen LogP contribution in [0, 0.1) is 26.2 Å². The summed E-state index contributed by atoms with van der Waals surface area (Å²) in [5.74, 6) is -6.23. The highest BCUT2D eigenvalue weighted by Crippen LogP contribution is 2.46. The molecule has 4 aromatic carbocycles. The molecular formula is C62H82N10O15S. The summed E-state index contributed by atoms with van der Waals surface area (Å²) in [6.45, 7) is 16.6. The monoisotopic (exact) mass is 1240 g/mol. The number of nitrogens with one attached hydrogen (secondary N) is 7. The SMILES string of the molecule is Cc1c(C)c(S(=O)(=O)N(CCC[C@H](NC(=O)[C@H](CCCNC(=O)OC(C)(C)C)NC(=O)N(Cc2ccccc2)NC(=O)OCC2c3ccccc3-c3ccccc32)C(=O)NCC(=O)N[C@@H](CC(=O)OC(C)(C)C)C(=O)O)C(=N)N)c(C)c2c1OC(C)(C)C2. The Labute approximate surface area is 513 Å². The Kier molecular flexibility index (Phi) is 22.2. The molecule has 25 nitrogen and oxygen atoms in total. The quantitative estimate of drug-likeness (QED) is 0.00937. The number of hydrogen-bond donors (Lipinski definition) is 9. The van der Waals surface area contributed by atoms with Gasteiger partial charge in [0.2, 0.25) is 23.7 Å². The van der Waals surface area contributed by atoms with Crippen molar-refractivity contribution in [3.8, 4) is 16.9 Å². The highest BCUT2D eigenvalue weighted by molar-refractivity contribution is 7.89. The van der Waals surface area contributed by atoms with Crippen LogP contribution in [0.15, 0.2) is 83.8 Å². The van der Waals surface area contributed by atoms with Crippen molar-refractivity contribution in [1.82, 2.24) is 41.3 Å². The lowest BCUT2D eigenvalue weighted by molar-refractivity contribution is -0.158. The van der Waals surface area contributed by atoms with Crippen LogP contribution >= 0.6 is 0 Å². The van der Waals surface area contributed by atoms with E-state index in [9.17, 15) is 51.9 Å². The normalized spacial score (nSPS) is 14.2. The number of nitrogens with two attached hydrogens (primary N) is 1. The number of aliphatic carboxylic acids is 1. The Morgan fingerprint density at radius 2 is 1.32 bits per heavy atom. The van der Waals surface area contributed by atoms with E-state index in [4.69, 9.17) is 30.1 Å². The van der Waals surface area contributed by atoms with E-state index in [0.29, 0.717) is 44.3 Å². The molecule has 2 aliphatic rings. The summed E-state index contributed by atoms with van der Waals surface area (Å²) in [5, 5.41) is 31.6. The summed E-state index contributed by atoms with van der Waals surface area (Å²) in [6.07, 6.45) is -3.03. The van der Waals surface area contributed by atoms with Crippen LogP contribution in [0.4, 0.5) is 14.4 Å². The van der Waals surface area contributed by atoms with Crippen molar-refractivity contribution in [1.29, 1.82) is 5.41 Å². The second-order valence-electron chi connectivity index (χ2n) is 24.3. The zero-order valence-electron chi connectivity index (χ0n) is 51.6. The van der Waals surface area contributed by atoms with Crippen molar-refractivity contribution < 1.29 is 70.8 Å². The first-order valence-corrected chi connectivity index (χ1v) is 30.3. The van der Waals surface area contributed by atoms with Crippen molar-refractivity contribution in [2.45, 2.75) is 167 Å². The second-order valence-corrected chi connectivity index (χ2v) is 26.1. The molecule has 0 saturated carbocycles. The van der Waals surface area contributed by atoms with E-state index in [1.165, 1.54) is 0 Å². The number of guanidine groups is 1. The summed E-state index contributed by atoms with van der Waals surface area (Å²) in [6, 6.07) is 18.0. The molecule has 10 N–H and O–H groups in total. The Bertz CT molecular complexity index is 3350. The van der Waals surface area contributed by atoms with Gasteiger partial charge in [0.05, 0.1) is 24.4 Å². The van der Waals surface area contributed by atoms with Crippen molar-refractivity contribution in [3.05, 3.63) is 118 Å². The predicted molar refractivity (Wildman–Crippen MR) is 325 cm³/mol. The number of nitrogens with zero attached hydrogens (tertiary/aromatic N) is 2. The van der Waals surface area contributed by atoms with Gasteiger partial charge < -0.3 is 56.4 Å². The molecule has 26 heteroatoms. The first-order valence-electron chi connectivity index (χ1n) is 28.9. The highest BCUT2D eigenvalue weighted by atomic mass is 32.2. The molecule has 3 atom stereocenters. The van der Waals surface area contributed by atoms with Gasteiger partial charge in [-0.1, -0.05) is 78.9 Å². The van der Waals surface area contributed by atoms with E-state index in [0.717, 1.165) is 27.3 Å². The number of carboxylic acid groups (broad SMARTS) is 1. The van der Waals surface area contributed by atoms with Gasteiger partial charge in [-0.2, -0.15) is 0 Å². The third-order valence-corrected chi connectivity index (χ3v) is 16.5. The van der Waals surface area contributed by atoms with Crippen LogP contribution in [0.5, 0.6) is 5.75 Å². The Morgan fingerprint density at radius 3 is 1.91 bits per heavy atom. The van der Waals surface area contributed by atoms with Gasteiger partial charge in [-0.3, -0.25) is 24.6 Å². The molecule has 1 aliphatic carbocycles. The first-order chi connectivity index (χ1) is 41.2. The Balaban J connectivity index is 1.27. The van der Waals surface area contributed by atoms with Crippen LogP contribution in [0.3, 0.4) is 0 Å². The third kappa shape index (κ3) is 18.3. The van der Waals surface area contributed by atoms with Crippen LogP contribution in [0.25, 0.3) is 11.1 Å². The Hall–Kier alpha value is -8.94. The molecule has 476 valence electrons. The standard InChI is InChI=1S/C62H82N10O15S/c1-36-37(2)52(38(3)44-32-62(10,11)86-51(36)44)88(82,83)72(56(63)64)30-20-28-46(53(75)66-33-49(73)67-48(55(77)78)31-50(74)85-60(4,5)6)68-54(76)47(27-19-29-65-58(80)87-61(7,8)9)69-57(79)71(34-39-21-13-12-14-22-39)70-59(81)84-35-45-42-25-17-15-23-40(42)41-24-16-18-26-43(41)45/h12-18,21-26,45-48H,19-20,27-35H2,1-11H3,(H3,63,64)(H,65,80)(H,66,75)(H,67,73)(H,68,76)(H,69,79)(H,70,81)(H,77,78)/t46-,47-,48-/m0/s1. The third-order valence-electron chi connectivity index (χ3n) is 14.4. The number of carbonyl (C=O) groups excluding carboxylic acids is 7. The molecule has 7 amide bonds. The van der Waals surface area contributed by atoms with E-state index in [1.807, 2.05) is 62.4 Å². The average Bonchev–Trinajstić information content (AvgIpc) is 1.53. The minimum atomic E-state index is -4.59. The minimum absolute atomic E-state index is 0.0111. The summed E-state index contributed by atoms with van der Waals surface area (Å²) in [5.41, 5.74) is 12.5. The van der Waals surface area contributed by atoms with Gasteiger partial charge in [0.15, 0.2) is 0 Å². The fraction of sp³-hybridized carbons (Fsp3) is 0.468. The van der Waals surface area contributed by atoms with Crippen LogP contribution in [-0.4, -0.2) is 138 Å². The summed E-state index contributed by atoms with van der Waals surface area (Å²) >= 11 is 0. The lowest BCUT2D eigenvalue weighted by Crippen LogP contribution is -2.58. The molecular weight excluding hydrogens is 1160 g/mol. The molecule has 0 bridgehead atoms. The molecule has 0 fully saturated rings. The Morgan fingerprint density at radius 1 is 0.739 bits per heavy atom. The van der Waals surface area contributed by atoms with Gasteiger partial charge in [-0.25, -0.2) is 42.3 Å². The maximum atomic E-state index is 14.8. The van der Waals surface area contributed by atoms with Crippen molar-refractivity contribution in [3.63, 3.8) is 0 Å². The summed E-state index contributed by atoms with van der Waals surface area (Å²) < 4.78 is 52.7. The first kappa shape index (κ1) is 68.2. The molecule has 1 heterocycles. The van der Waals surface area contributed by atoms with Gasteiger partial charge in [0.1, 0.15) is 47.3 Å². The molecule has 0 saturated heterocycles. The number of rotatable bonds is 24. The molecule has 88 heavy (non-hydrogen) atoms. The van der Waals surface area contributed by atoms with Gasteiger partial charge in [0, 0.05) is 31.0 Å². The second kappa shape index (κ2) is 28.7. The van der Waals surface area contributed by atoms with E-state index in [-0.39, 0.29) is 49.8 Å². The molecule has 0 spiro atoms. The van der Waals surface area contributed by atoms with Gasteiger partial charge in [0.25, 0.3) is 10.0 Å². The number of alkyl carbamates (subject to hydrolysis) is 1. The highest BCUT2D eigenvalue weighted by Gasteiger charge is 2.40. The van der Waals surface area contributed by atoms with Crippen LogP contribution in [0.2, 0.25) is 0 Å². The molecule has 4 aromatic rings. The fourth-order valence-corrected chi connectivity index (χ4v) is 12.3. The maximum absolute atomic E-state index is 14.8. The van der Waals surface area contributed by atoms with Crippen molar-refractivity contribution in [2.24, 2.45) is 5.73 Å². The largest absolute Gasteiger partial charge is 0.487 e. The smallest absolute Gasteiger partial charge is 0.426 e. The zero-order chi connectivity index (χ0) is 65.1. The number of carbonyl (C=O) groups is 8.